The van der Waals surface area contributed by atoms with E-state index in [9.17, 15) is 0 Å². The number of rotatable bonds is 11. The summed E-state index contributed by atoms with van der Waals surface area (Å²) in [7, 11) is 0. The Morgan fingerprint density at radius 1 is 1.45 bits per heavy atom. The van der Waals surface area contributed by atoms with Crippen LogP contribution < -0.4 is 5.32 Å². The quantitative estimate of drug-likeness (QED) is 0.667. The molecule has 1 aromatic heterocycles. The highest BCUT2D eigenvalue weighted by atomic mass is 32.1. The van der Waals surface area contributed by atoms with Crippen LogP contribution in [0.1, 0.15) is 63.1 Å². The third-order valence-corrected chi connectivity index (χ3v) is 4.76. The molecule has 1 aromatic rings. The van der Waals surface area contributed by atoms with Crippen LogP contribution in [-0.2, 0) is 17.9 Å². The van der Waals surface area contributed by atoms with E-state index in [1.807, 2.05) is 0 Å². The molecule has 1 aliphatic rings. The Kier molecular flexibility index (Phi) is 6.97. The van der Waals surface area contributed by atoms with E-state index in [0.29, 0.717) is 12.5 Å². The molecule has 0 saturated heterocycles. The second kappa shape index (κ2) is 8.75. The Morgan fingerprint density at radius 3 is 3.00 bits per heavy atom. The summed E-state index contributed by atoms with van der Waals surface area (Å²) in [5, 5.41) is 6.82. The van der Waals surface area contributed by atoms with Crippen LogP contribution in [0.3, 0.4) is 0 Å². The molecule has 4 heteroatoms. The highest BCUT2D eigenvalue weighted by molar-refractivity contribution is 7.09. The summed E-state index contributed by atoms with van der Waals surface area (Å²) >= 11 is 1.74. The molecule has 20 heavy (non-hydrogen) atoms. The van der Waals surface area contributed by atoms with Gasteiger partial charge in [0.25, 0.3) is 0 Å². The fourth-order valence-electron chi connectivity index (χ4n) is 2.24. The monoisotopic (exact) mass is 296 g/mol. The van der Waals surface area contributed by atoms with Gasteiger partial charge in [0.2, 0.25) is 0 Å². The van der Waals surface area contributed by atoms with Crippen LogP contribution in [0.5, 0.6) is 0 Å². The first-order valence-corrected chi connectivity index (χ1v) is 8.94. The fraction of sp³-hybridized carbons (Fsp3) is 0.812. The largest absolute Gasteiger partial charge is 0.375 e. The van der Waals surface area contributed by atoms with Crippen molar-refractivity contribution in [1.82, 2.24) is 10.3 Å². The van der Waals surface area contributed by atoms with E-state index in [-0.39, 0.29) is 0 Å². The lowest BCUT2D eigenvalue weighted by Crippen LogP contribution is -2.15. The molecule has 1 unspecified atom stereocenters. The van der Waals surface area contributed by atoms with Gasteiger partial charge in [-0.25, -0.2) is 4.98 Å². The van der Waals surface area contributed by atoms with Crippen LogP contribution >= 0.6 is 11.3 Å². The van der Waals surface area contributed by atoms with Crippen molar-refractivity contribution < 1.29 is 4.74 Å². The maximum Gasteiger partial charge on any atom is 0.107 e. The van der Waals surface area contributed by atoms with E-state index in [1.165, 1.54) is 43.5 Å². The van der Waals surface area contributed by atoms with Crippen molar-refractivity contribution in [3.8, 4) is 0 Å². The van der Waals surface area contributed by atoms with E-state index in [1.54, 1.807) is 11.3 Å². The van der Waals surface area contributed by atoms with Gasteiger partial charge in [0.05, 0.1) is 12.3 Å². The van der Waals surface area contributed by atoms with Gasteiger partial charge in [-0.1, -0.05) is 33.1 Å². The van der Waals surface area contributed by atoms with Gasteiger partial charge >= 0.3 is 0 Å². The number of ether oxygens (including phenoxy) is 1. The lowest BCUT2D eigenvalue weighted by molar-refractivity contribution is 0.0801. The minimum Gasteiger partial charge on any atom is -0.375 e. The minimum absolute atomic E-state index is 0.669. The zero-order chi connectivity index (χ0) is 14.2. The van der Waals surface area contributed by atoms with Crippen LogP contribution in [0.4, 0.5) is 0 Å². The molecule has 1 atom stereocenters. The highest BCUT2D eigenvalue weighted by Gasteiger charge is 2.20. The molecule has 0 bridgehead atoms. The second-order valence-corrected chi connectivity index (χ2v) is 6.76. The Labute approximate surface area is 127 Å². The predicted molar refractivity (Wildman–Crippen MR) is 84.9 cm³/mol. The van der Waals surface area contributed by atoms with Crippen molar-refractivity contribution in [3.05, 3.63) is 16.1 Å². The smallest absolute Gasteiger partial charge is 0.107 e. The van der Waals surface area contributed by atoms with Crippen molar-refractivity contribution in [2.24, 2.45) is 5.92 Å². The van der Waals surface area contributed by atoms with E-state index in [4.69, 9.17) is 4.74 Å². The third-order valence-electron chi connectivity index (χ3n) is 3.87. The average Bonchev–Trinajstić information content (AvgIpc) is 3.19. The van der Waals surface area contributed by atoms with Crippen LogP contribution in [0.15, 0.2) is 5.38 Å². The van der Waals surface area contributed by atoms with Gasteiger partial charge < -0.3 is 10.1 Å². The summed E-state index contributed by atoms with van der Waals surface area (Å²) in [4.78, 5) is 4.63. The van der Waals surface area contributed by atoms with Gasteiger partial charge in [0.15, 0.2) is 0 Å². The number of nitrogens with one attached hydrogen (secondary N) is 1. The van der Waals surface area contributed by atoms with E-state index in [2.05, 4.69) is 29.5 Å². The van der Waals surface area contributed by atoms with Crippen molar-refractivity contribution in [2.45, 2.75) is 71.6 Å². The molecule has 0 radical (unpaired) electrons. The number of unbranched alkanes of at least 4 members (excludes halogenated alkanes) is 1. The fourth-order valence-corrected chi connectivity index (χ4v) is 2.97. The Balaban J connectivity index is 1.62. The lowest BCUT2D eigenvalue weighted by Gasteiger charge is -2.13. The molecule has 2 rings (SSSR count). The topological polar surface area (TPSA) is 34.1 Å². The van der Waals surface area contributed by atoms with Crippen LogP contribution in [0, 0.1) is 5.92 Å². The molecule has 0 aliphatic heterocycles. The molecule has 114 valence electrons. The van der Waals surface area contributed by atoms with Crippen molar-refractivity contribution >= 4 is 11.3 Å². The molecule has 0 spiro atoms. The molecule has 0 amide bonds. The first-order valence-electron chi connectivity index (χ1n) is 8.06. The normalized spacial score (nSPS) is 16.5. The van der Waals surface area contributed by atoms with Gasteiger partial charge in [-0.2, -0.15) is 0 Å². The molecular formula is C16H28N2OS. The van der Waals surface area contributed by atoms with Crippen molar-refractivity contribution in [2.75, 3.05) is 6.61 Å². The maximum absolute atomic E-state index is 5.84. The van der Waals surface area contributed by atoms with Crippen molar-refractivity contribution in [3.63, 3.8) is 0 Å². The van der Waals surface area contributed by atoms with Crippen LogP contribution in [-0.4, -0.2) is 17.6 Å². The summed E-state index contributed by atoms with van der Waals surface area (Å²) in [5.74, 6) is 0.713. The summed E-state index contributed by atoms with van der Waals surface area (Å²) in [6.45, 7) is 6.98. The first-order chi connectivity index (χ1) is 9.81. The zero-order valence-corrected chi connectivity index (χ0v) is 13.7. The summed E-state index contributed by atoms with van der Waals surface area (Å²) in [6, 6.07) is 0.752. The predicted octanol–water partition coefficient (Wildman–Crippen LogP) is 4.13. The molecular weight excluding hydrogens is 268 g/mol. The molecule has 1 fully saturated rings. The summed E-state index contributed by atoms with van der Waals surface area (Å²) < 4.78 is 5.84. The molecule has 0 aromatic carbocycles. The Bertz CT molecular complexity index is 376. The van der Waals surface area contributed by atoms with E-state index < -0.39 is 0 Å². The number of hydrogen-bond donors (Lipinski definition) is 1. The third kappa shape index (κ3) is 5.90. The SMILES string of the molecule is CCCCC(CC)COCc1csc(CNC2CC2)n1. The number of aromatic nitrogens is 1. The minimum atomic E-state index is 0.669. The number of thiazole rings is 1. The van der Waals surface area contributed by atoms with Gasteiger partial charge in [-0.3, -0.25) is 0 Å². The number of nitrogens with zero attached hydrogens (tertiary/aromatic N) is 1. The van der Waals surface area contributed by atoms with E-state index in [0.717, 1.165) is 24.9 Å². The lowest BCUT2D eigenvalue weighted by atomic mass is 10.0. The highest BCUT2D eigenvalue weighted by Crippen LogP contribution is 2.20. The van der Waals surface area contributed by atoms with Gasteiger partial charge in [-0.05, 0) is 25.2 Å². The van der Waals surface area contributed by atoms with Crippen LogP contribution in [0.2, 0.25) is 0 Å². The van der Waals surface area contributed by atoms with Gasteiger partial charge in [-0.15, -0.1) is 11.3 Å². The summed E-state index contributed by atoms with van der Waals surface area (Å²) in [6.07, 6.45) is 7.76. The molecule has 1 aliphatic carbocycles. The molecule has 1 N–H and O–H groups in total. The second-order valence-electron chi connectivity index (χ2n) is 5.82. The number of hydrogen-bond acceptors (Lipinski definition) is 4. The average molecular weight is 296 g/mol. The zero-order valence-electron chi connectivity index (χ0n) is 12.9. The maximum atomic E-state index is 5.84. The Hall–Kier alpha value is -0.450. The Morgan fingerprint density at radius 2 is 2.30 bits per heavy atom. The first kappa shape index (κ1) is 15.9. The standard InChI is InChI=1S/C16H28N2OS/c1-3-5-6-13(4-2)10-19-11-15-12-20-16(18-15)9-17-14-7-8-14/h12-14,17H,3-11H2,1-2H3. The van der Waals surface area contributed by atoms with E-state index >= 15 is 0 Å². The van der Waals surface area contributed by atoms with Crippen molar-refractivity contribution in [1.29, 1.82) is 0 Å². The van der Waals surface area contributed by atoms with Crippen LogP contribution in [0.25, 0.3) is 0 Å². The molecule has 1 saturated carbocycles. The van der Waals surface area contributed by atoms with Gasteiger partial charge in [0.1, 0.15) is 5.01 Å². The van der Waals surface area contributed by atoms with Gasteiger partial charge in [0, 0.05) is 24.6 Å². The molecule has 1 heterocycles. The summed E-state index contributed by atoms with van der Waals surface area (Å²) in [5.41, 5.74) is 1.09. The molecule has 3 nitrogen and oxygen atoms in total.